The predicted octanol–water partition coefficient (Wildman–Crippen LogP) is 2.41. The van der Waals surface area contributed by atoms with Crippen molar-refractivity contribution < 1.29 is 27.1 Å². The summed E-state index contributed by atoms with van der Waals surface area (Å²) in [5.41, 5.74) is 0.775. The molecule has 1 unspecified atom stereocenters. The topological polar surface area (TPSA) is 108 Å². The Morgan fingerprint density at radius 3 is 2.59 bits per heavy atom. The Labute approximate surface area is 155 Å². The average molecular weight is 392 g/mol. The predicted molar refractivity (Wildman–Crippen MR) is 96.3 cm³/mol. The summed E-state index contributed by atoms with van der Waals surface area (Å²) in [6, 6.07) is 9.75. The number of nitrogens with one attached hydrogen (secondary N) is 1. The van der Waals surface area contributed by atoms with E-state index >= 15 is 0 Å². The number of rotatable bonds is 5. The van der Waals surface area contributed by atoms with E-state index in [0.717, 1.165) is 0 Å². The first-order chi connectivity index (χ1) is 12.8. The fourth-order valence-electron chi connectivity index (χ4n) is 2.55. The van der Waals surface area contributed by atoms with Crippen LogP contribution in [0.3, 0.4) is 0 Å². The fraction of sp³-hybridized carbons (Fsp3) is 0.167. The maximum Gasteiger partial charge on any atom is 0.238 e. The van der Waals surface area contributed by atoms with Gasteiger partial charge >= 0.3 is 0 Å². The van der Waals surface area contributed by atoms with Crippen LogP contribution in [0.25, 0.3) is 0 Å². The molecule has 1 aliphatic heterocycles. The van der Waals surface area contributed by atoms with Crippen LogP contribution in [-0.4, -0.2) is 27.1 Å². The highest BCUT2D eigenvalue weighted by molar-refractivity contribution is 7.89. The standard InChI is InChI=1S/C18H17FN2O5S/c1-2-25-18-14(16(22)13-4-3-5-15(19)17(13)26-18)10-21-11-6-8-12(9-7-11)27(20,23)24/h3-10,18,21H,2H2,1H3,(H2,20,23,24)/b14-10+. The van der Waals surface area contributed by atoms with Crippen molar-refractivity contribution in [2.75, 3.05) is 11.9 Å². The third kappa shape index (κ3) is 4.00. The molecule has 0 saturated carbocycles. The van der Waals surface area contributed by atoms with Gasteiger partial charge in [0.25, 0.3) is 0 Å². The highest BCUT2D eigenvalue weighted by Crippen LogP contribution is 2.33. The van der Waals surface area contributed by atoms with E-state index < -0.39 is 27.9 Å². The van der Waals surface area contributed by atoms with E-state index in [1.165, 1.54) is 48.7 Å². The molecule has 0 aromatic heterocycles. The second-order valence-corrected chi connectivity index (χ2v) is 7.23. The molecule has 27 heavy (non-hydrogen) atoms. The highest BCUT2D eigenvalue weighted by Gasteiger charge is 2.34. The number of Topliss-reactive ketones (excluding diaryl/α,β-unsaturated/α-hetero) is 1. The Morgan fingerprint density at radius 1 is 1.26 bits per heavy atom. The number of para-hydroxylation sites is 1. The van der Waals surface area contributed by atoms with Gasteiger partial charge in [-0.05, 0) is 43.3 Å². The number of primary sulfonamides is 1. The zero-order valence-electron chi connectivity index (χ0n) is 14.3. The average Bonchev–Trinajstić information content (AvgIpc) is 2.62. The molecule has 142 valence electrons. The number of carbonyl (C=O) groups excluding carboxylic acids is 1. The van der Waals surface area contributed by atoms with Crippen molar-refractivity contribution in [3.8, 4) is 5.75 Å². The molecule has 0 amide bonds. The van der Waals surface area contributed by atoms with Crippen molar-refractivity contribution in [2.24, 2.45) is 5.14 Å². The van der Waals surface area contributed by atoms with Crippen molar-refractivity contribution in [3.05, 3.63) is 65.6 Å². The number of hydrogen-bond donors (Lipinski definition) is 2. The number of benzene rings is 2. The minimum absolute atomic E-state index is 0.0330. The fourth-order valence-corrected chi connectivity index (χ4v) is 3.07. The van der Waals surface area contributed by atoms with E-state index in [1.807, 2.05) is 0 Å². The quantitative estimate of drug-likeness (QED) is 0.757. The Balaban J connectivity index is 1.90. The van der Waals surface area contributed by atoms with E-state index in [0.29, 0.717) is 5.69 Å². The molecule has 3 rings (SSSR count). The van der Waals surface area contributed by atoms with Gasteiger partial charge in [-0.3, -0.25) is 4.79 Å². The van der Waals surface area contributed by atoms with Gasteiger partial charge in [-0.2, -0.15) is 0 Å². The first-order valence-electron chi connectivity index (χ1n) is 8.02. The molecule has 0 saturated heterocycles. The number of sulfonamides is 1. The Bertz CT molecular complexity index is 1000. The summed E-state index contributed by atoms with van der Waals surface area (Å²) in [6.45, 7) is 1.98. The number of fused-ring (bicyclic) bond motifs is 1. The van der Waals surface area contributed by atoms with Gasteiger partial charge in [0.1, 0.15) is 0 Å². The van der Waals surface area contributed by atoms with Gasteiger partial charge in [-0.15, -0.1) is 0 Å². The van der Waals surface area contributed by atoms with E-state index in [4.69, 9.17) is 14.6 Å². The maximum absolute atomic E-state index is 13.9. The normalized spacial score (nSPS) is 18.1. The number of halogens is 1. The molecule has 0 spiro atoms. The van der Waals surface area contributed by atoms with Gasteiger partial charge in [-0.1, -0.05) is 6.07 Å². The van der Waals surface area contributed by atoms with Gasteiger partial charge in [0, 0.05) is 18.5 Å². The second-order valence-electron chi connectivity index (χ2n) is 5.66. The van der Waals surface area contributed by atoms with E-state index in [2.05, 4.69) is 5.32 Å². The third-order valence-electron chi connectivity index (χ3n) is 3.85. The SMILES string of the molecule is CCOC1Oc2c(F)cccc2C(=O)/C1=C\Nc1ccc(S(N)(=O)=O)cc1. The lowest BCUT2D eigenvalue weighted by Crippen LogP contribution is -2.33. The number of anilines is 1. The number of hydrogen-bond acceptors (Lipinski definition) is 6. The molecule has 0 fully saturated rings. The van der Waals surface area contributed by atoms with E-state index in [-0.39, 0.29) is 28.4 Å². The molecule has 1 heterocycles. The molecule has 0 bridgehead atoms. The molecule has 3 N–H and O–H groups in total. The molecular formula is C18H17FN2O5S. The highest BCUT2D eigenvalue weighted by atomic mass is 32.2. The van der Waals surface area contributed by atoms with E-state index in [1.54, 1.807) is 6.92 Å². The smallest absolute Gasteiger partial charge is 0.238 e. The summed E-state index contributed by atoms with van der Waals surface area (Å²) in [5, 5.41) is 7.94. The first-order valence-corrected chi connectivity index (χ1v) is 9.57. The van der Waals surface area contributed by atoms with Crippen LogP contribution in [0, 0.1) is 5.82 Å². The number of nitrogens with two attached hydrogens (primary N) is 1. The summed E-state index contributed by atoms with van der Waals surface area (Å²) in [5.74, 6) is -1.21. The van der Waals surface area contributed by atoms with Crippen molar-refractivity contribution in [2.45, 2.75) is 18.1 Å². The largest absolute Gasteiger partial charge is 0.457 e. The van der Waals surface area contributed by atoms with Crippen LogP contribution >= 0.6 is 0 Å². The zero-order chi connectivity index (χ0) is 19.6. The van der Waals surface area contributed by atoms with Crippen LogP contribution in [0.15, 0.2) is 59.1 Å². The number of ether oxygens (including phenoxy) is 2. The lowest BCUT2D eigenvalue weighted by atomic mass is 9.99. The maximum atomic E-state index is 13.9. The summed E-state index contributed by atoms with van der Waals surface area (Å²) in [4.78, 5) is 12.7. The van der Waals surface area contributed by atoms with Gasteiger partial charge in [0.05, 0.1) is 16.0 Å². The summed E-state index contributed by atoms with van der Waals surface area (Å²) in [7, 11) is -3.79. The monoisotopic (exact) mass is 392 g/mol. The molecule has 1 atom stereocenters. The molecule has 1 aliphatic rings. The third-order valence-corrected chi connectivity index (χ3v) is 4.78. The van der Waals surface area contributed by atoms with Crippen molar-refractivity contribution >= 4 is 21.5 Å². The molecule has 0 radical (unpaired) electrons. The van der Waals surface area contributed by atoms with Gasteiger partial charge in [-0.25, -0.2) is 17.9 Å². The first kappa shape index (κ1) is 19.0. The van der Waals surface area contributed by atoms with Crippen LogP contribution in [0.1, 0.15) is 17.3 Å². The van der Waals surface area contributed by atoms with Gasteiger partial charge in [0.15, 0.2) is 11.6 Å². The van der Waals surface area contributed by atoms with Crippen LogP contribution < -0.4 is 15.2 Å². The Hall–Kier alpha value is -2.75. The molecule has 7 nitrogen and oxygen atoms in total. The van der Waals surface area contributed by atoms with Crippen molar-refractivity contribution in [1.82, 2.24) is 0 Å². The van der Waals surface area contributed by atoms with Crippen LogP contribution in [0.5, 0.6) is 5.75 Å². The van der Waals surface area contributed by atoms with Crippen molar-refractivity contribution in [1.29, 1.82) is 0 Å². The molecule has 2 aromatic rings. The Morgan fingerprint density at radius 2 is 1.96 bits per heavy atom. The second kappa shape index (κ2) is 7.47. The summed E-state index contributed by atoms with van der Waals surface area (Å²) < 4.78 is 47.5. The lowest BCUT2D eigenvalue weighted by Gasteiger charge is -2.27. The molecule has 9 heteroatoms. The van der Waals surface area contributed by atoms with Crippen molar-refractivity contribution in [3.63, 3.8) is 0 Å². The number of ketones is 1. The zero-order valence-corrected chi connectivity index (χ0v) is 15.1. The lowest BCUT2D eigenvalue weighted by molar-refractivity contribution is -0.0528. The minimum Gasteiger partial charge on any atom is -0.457 e. The summed E-state index contributed by atoms with van der Waals surface area (Å²) >= 11 is 0. The number of carbonyl (C=O) groups is 1. The Kier molecular flexibility index (Phi) is 5.26. The van der Waals surface area contributed by atoms with E-state index in [9.17, 15) is 17.6 Å². The van der Waals surface area contributed by atoms with Gasteiger partial charge in [0.2, 0.25) is 22.1 Å². The minimum atomic E-state index is -3.79. The molecular weight excluding hydrogens is 375 g/mol. The summed E-state index contributed by atoms with van der Waals surface area (Å²) in [6.07, 6.45) is 0.325. The van der Waals surface area contributed by atoms with Crippen LogP contribution in [-0.2, 0) is 14.8 Å². The molecule has 2 aromatic carbocycles. The van der Waals surface area contributed by atoms with Gasteiger partial charge < -0.3 is 14.8 Å². The molecule has 0 aliphatic carbocycles. The van der Waals surface area contributed by atoms with Crippen LogP contribution in [0.2, 0.25) is 0 Å². The van der Waals surface area contributed by atoms with Crippen LogP contribution in [0.4, 0.5) is 10.1 Å².